The first-order chi connectivity index (χ1) is 9.79. The molecular formula is C12H14Cl2N4O2S. The van der Waals surface area contributed by atoms with E-state index in [0.29, 0.717) is 6.42 Å². The molecule has 1 aromatic heterocycles. The van der Waals surface area contributed by atoms with Crippen molar-refractivity contribution in [3.8, 4) is 0 Å². The Morgan fingerprint density at radius 2 is 2.10 bits per heavy atom. The lowest BCUT2D eigenvalue weighted by Gasteiger charge is -2.11. The van der Waals surface area contributed by atoms with Crippen LogP contribution in [0.4, 0.5) is 5.69 Å². The summed E-state index contributed by atoms with van der Waals surface area (Å²) in [5, 5.41) is 4.29. The van der Waals surface area contributed by atoms with E-state index in [-0.39, 0.29) is 27.2 Å². The van der Waals surface area contributed by atoms with Crippen molar-refractivity contribution in [3.05, 3.63) is 40.1 Å². The van der Waals surface area contributed by atoms with Gasteiger partial charge in [-0.25, -0.2) is 13.1 Å². The van der Waals surface area contributed by atoms with Crippen molar-refractivity contribution in [3.63, 3.8) is 0 Å². The summed E-state index contributed by atoms with van der Waals surface area (Å²) in [7, 11) is -2.00. The molecular weight excluding hydrogens is 335 g/mol. The number of nitrogens with one attached hydrogen (secondary N) is 1. The normalized spacial score (nSPS) is 11.8. The largest absolute Gasteiger partial charge is 0.398 e. The van der Waals surface area contributed by atoms with Gasteiger partial charge in [-0.1, -0.05) is 23.2 Å². The second kappa shape index (κ2) is 6.23. The summed E-state index contributed by atoms with van der Waals surface area (Å²) < 4.78 is 28.6. The van der Waals surface area contributed by atoms with Gasteiger partial charge in [0.25, 0.3) is 0 Å². The van der Waals surface area contributed by atoms with Crippen LogP contribution in [0.15, 0.2) is 29.4 Å². The quantitative estimate of drug-likeness (QED) is 0.806. The zero-order valence-corrected chi connectivity index (χ0v) is 13.5. The number of nitrogens with zero attached hydrogens (tertiary/aromatic N) is 2. The molecule has 6 nitrogen and oxygen atoms in total. The van der Waals surface area contributed by atoms with Crippen LogP contribution in [-0.4, -0.2) is 24.7 Å². The van der Waals surface area contributed by atoms with E-state index < -0.39 is 10.0 Å². The Labute approximate surface area is 132 Å². The first-order valence-electron chi connectivity index (χ1n) is 6.01. The Hall–Kier alpha value is -1.28. The van der Waals surface area contributed by atoms with Gasteiger partial charge in [0.05, 0.1) is 16.9 Å². The molecule has 0 aliphatic rings. The fourth-order valence-corrected chi connectivity index (χ4v) is 3.88. The molecule has 0 fully saturated rings. The molecule has 0 unspecified atom stereocenters. The zero-order valence-electron chi connectivity index (χ0n) is 11.2. The molecule has 0 aliphatic heterocycles. The van der Waals surface area contributed by atoms with E-state index >= 15 is 0 Å². The van der Waals surface area contributed by atoms with Crippen molar-refractivity contribution in [2.75, 3.05) is 12.3 Å². The van der Waals surface area contributed by atoms with Gasteiger partial charge in [-0.2, -0.15) is 5.10 Å². The van der Waals surface area contributed by atoms with Crippen molar-refractivity contribution < 1.29 is 8.42 Å². The van der Waals surface area contributed by atoms with E-state index in [2.05, 4.69) is 9.82 Å². The summed E-state index contributed by atoms with van der Waals surface area (Å²) in [5.74, 6) is 0. The highest BCUT2D eigenvalue weighted by atomic mass is 35.5. The highest BCUT2D eigenvalue weighted by Gasteiger charge is 2.21. The summed E-state index contributed by atoms with van der Waals surface area (Å²) in [5.41, 5.74) is 6.63. The smallest absolute Gasteiger partial charge is 0.244 e. The van der Waals surface area contributed by atoms with Gasteiger partial charge in [-0.3, -0.25) is 4.68 Å². The third-order valence-corrected chi connectivity index (χ3v) is 4.98. The fourth-order valence-electron chi connectivity index (χ4n) is 1.87. The number of hydrogen-bond acceptors (Lipinski definition) is 4. The predicted molar refractivity (Wildman–Crippen MR) is 83.0 cm³/mol. The summed E-state index contributed by atoms with van der Waals surface area (Å²) >= 11 is 11.7. The summed E-state index contributed by atoms with van der Waals surface area (Å²) in [4.78, 5) is -0.153. The van der Waals surface area contributed by atoms with E-state index in [0.717, 1.165) is 5.56 Å². The minimum atomic E-state index is -3.79. The molecule has 2 rings (SSSR count). The average molecular weight is 349 g/mol. The van der Waals surface area contributed by atoms with Crippen LogP contribution in [0.3, 0.4) is 0 Å². The monoisotopic (exact) mass is 348 g/mol. The fraction of sp³-hybridized carbons (Fsp3) is 0.250. The molecule has 9 heteroatoms. The van der Waals surface area contributed by atoms with Crippen LogP contribution < -0.4 is 10.5 Å². The van der Waals surface area contributed by atoms with Crippen molar-refractivity contribution in [1.82, 2.24) is 14.5 Å². The van der Waals surface area contributed by atoms with Crippen LogP contribution in [0.1, 0.15) is 5.56 Å². The third kappa shape index (κ3) is 3.88. The molecule has 0 saturated heterocycles. The maximum Gasteiger partial charge on any atom is 0.244 e. The Morgan fingerprint density at radius 1 is 1.38 bits per heavy atom. The number of nitrogens with two attached hydrogens (primary N) is 1. The molecule has 1 heterocycles. The van der Waals surface area contributed by atoms with Crippen LogP contribution in [0.2, 0.25) is 10.0 Å². The van der Waals surface area contributed by atoms with E-state index in [9.17, 15) is 8.42 Å². The number of benzene rings is 1. The Bertz CT molecular complexity index is 735. The number of sulfonamides is 1. The van der Waals surface area contributed by atoms with Gasteiger partial charge in [0.2, 0.25) is 10.0 Å². The molecule has 0 spiro atoms. The summed E-state index contributed by atoms with van der Waals surface area (Å²) in [6, 6.07) is 2.69. The molecule has 1 aromatic carbocycles. The average Bonchev–Trinajstić information content (AvgIpc) is 2.72. The van der Waals surface area contributed by atoms with Gasteiger partial charge in [-0.15, -0.1) is 0 Å². The van der Waals surface area contributed by atoms with Crippen LogP contribution >= 0.6 is 23.2 Å². The molecule has 2 aromatic rings. The van der Waals surface area contributed by atoms with Crippen LogP contribution in [0, 0.1) is 0 Å². The van der Waals surface area contributed by atoms with E-state index in [1.165, 1.54) is 12.1 Å². The van der Waals surface area contributed by atoms with Gasteiger partial charge < -0.3 is 5.73 Å². The topological polar surface area (TPSA) is 90.0 Å². The number of anilines is 1. The second-order valence-electron chi connectivity index (χ2n) is 4.48. The Kier molecular flexibility index (Phi) is 4.77. The van der Waals surface area contributed by atoms with Gasteiger partial charge in [0, 0.05) is 24.8 Å². The Morgan fingerprint density at radius 3 is 2.67 bits per heavy atom. The van der Waals surface area contributed by atoms with Gasteiger partial charge in [0.1, 0.15) is 4.90 Å². The molecule has 21 heavy (non-hydrogen) atoms. The molecule has 0 amide bonds. The number of hydrogen-bond donors (Lipinski definition) is 2. The van der Waals surface area contributed by atoms with Gasteiger partial charge in [0.15, 0.2) is 0 Å². The van der Waals surface area contributed by atoms with Crippen LogP contribution in [-0.2, 0) is 23.5 Å². The second-order valence-corrected chi connectivity index (χ2v) is 7.02. The standard InChI is InChI=1S/C12H14Cl2N4O2S/c1-18-7-8(6-16-18)2-3-17-21(19,20)12-10(14)4-9(13)5-11(12)15/h4-7,17H,2-3,15H2,1H3. The first-order valence-corrected chi connectivity index (χ1v) is 8.25. The molecule has 0 bridgehead atoms. The zero-order chi connectivity index (χ0) is 15.6. The van der Waals surface area contributed by atoms with Gasteiger partial charge in [-0.05, 0) is 24.1 Å². The minimum Gasteiger partial charge on any atom is -0.398 e. The molecule has 0 atom stereocenters. The third-order valence-electron chi connectivity index (χ3n) is 2.77. The van der Waals surface area contributed by atoms with Crippen molar-refractivity contribution in [2.24, 2.45) is 7.05 Å². The summed E-state index contributed by atoms with van der Waals surface area (Å²) in [6.45, 7) is 0.215. The van der Waals surface area contributed by atoms with Gasteiger partial charge >= 0.3 is 0 Å². The lowest BCUT2D eigenvalue weighted by molar-refractivity contribution is 0.582. The lowest BCUT2D eigenvalue weighted by Crippen LogP contribution is -2.27. The maximum absolute atomic E-state index is 12.2. The molecule has 3 N–H and O–H groups in total. The highest BCUT2D eigenvalue weighted by Crippen LogP contribution is 2.30. The molecule has 0 saturated carbocycles. The first kappa shape index (κ1) is 16.1. The molecule has 0 aliphatic carbocycles. The van der Waals surface area contributed by atoms with E-state index in [1.54, 1.807) is 17.9 Å². The van der Waals surface area contributed by atoms with Crippen molar-refractivity contribution in [1.29, 1.82) is 0 Å². The van der Waals surface area contributed by atoms with Crippen LogP contribution in [0.25, 0.3) is 0 Å². The number of halogens is 2. The highest BCUT2D eigenvalue weighted by molar-refractivity contribution is 7.89. The number of nitrogen functional groups attached to an aromatic ring is 1. The SMILES string of the molecule is Cn1cc(CCNS(=O)(=O)c2c(N)cc(Cl)cc2Cl)cn1. The number of aromatic nitrogens is 2. The summed E-state index contributed by atoms with van der Waals surface area (Å²) in [6.07, 6.45) is 4.01. The maximum atomic E-state index is 12.2. The molecule has 0 radical (unpaired) electrons. The minimum absolute atomic E-state index is 0.00567. The lowest BCUT2D eigenvalue weighted by atomic mass is 10.3. The van der Waals surface area contributed by atoms with Crippen molar-refractivity contribution in [2.45, 2.75) is 11.3 Å². The number of aryl methyl sites for hydroxylation is 1. The van der Waals surface area contributed by atoms with Crippen LogP contribution in [0.5, 0.6) is 0 Å². The van der Waals surface area contributed by atoms with E-state index in [4.69, 9.17) is 28.9 Å². The number of rotatable bonds is 5. The Balaban J connectivity index is 2.12. The predicted octanol–water partition coefficient (Wildman–Crippen LogP) is 1.83. The van der Waals surface area contributed by atoms with Crippen molar-refractivity contribution >= 4 is 38.9 Å². The molecule has 114 valence electrons. The van der Waals surface area contributed by atoms with E-state index in [1.807, 2.05) is 6.20 Å².